The zero-order chi connectivity index (χ0) is 9.56. The van der Waals surface area contributed by atoms with E-state index >= 15 is 0 Å². The van der Waals surface area contributed by atoms with Gasteiger partial charge in [0.2, 0.25) is 0 Å². The van der Waals surface area contributed by atoms with Crippen LogP contribution in [0.5, 0.6) is 0 Å². The minimum absolute atomic E-state index is 0.739. The van der Waals surface area contributed by atoms with Crippen molar-refractivity contribution in [2.75, 3.05) is 0 Å². The molecule has 0 radical (unpaired) electrons. The highest BCUT2D eigenvalue weighted by Crippen LogP contribution is 2.07. The highest BCUT2D eigenvalue weighted by molar-refractivity contribution is 5.36. The van der Waals surface area contributed by atoms with Crippen LogP contribution in [0.3, 0.4) is 0 Å². The summed E-state index contributed by atoms with van der Waals surface area (Å²) < 4.78 is 0. The van der Waals surface area contributed by atoms with E-state index in [1.54, 1.807) is 0 Å². The molecule has 64 valence electrons. The summed E-state index contributed by atoms with van der Waals surface area (Å²) in [6.07, 6.45) is 0. The van der Waals surface area contributed by atoms with Crippen molar-refractivity contribution >= 4 is 0 Å². The first-order valence-corrected chi connectivity index (χ1v) is 4.21. The highest BCUT2D eigenvalue weighted by Gasteiger charge is 1.92. The van der Waals surface area contributed by atoms with Crippen molar-refractivity contribution in [3.8, 4) is 6.07 Å². The second-order valence-corrected chi connectivity index (χ2v) is 2.41. The van der Waals surface area contributed by atoms with Crippen LogP contribution in [-0.2, 0) is 0 Å². The maximum Gasteiger partial charge on any atom is 0.0991 e. The van der Waals surface area contributed by atoms with Gasteiger partial charge in [0.05, 0.1) is 11.6 Å². The van der Waals surface area contributed by atoms with Gasteiger partial charge in [-0.05, 0) is 37.1 Å². The first kappa shape index (κ1) is 10.7. The van der Waals surface area contributed by atoms with Gasteiger partial charge in [-0.2, -0.15) is 5.26 Å². The molecule has 12 heavy (non-hydrogen) atoms. The van der Waals surface area contributed by atoms with Crippen LogP contribution in [0, 0.1) is 25.2 Å². The summed E-state index contributed by atoms with van der Waals surface area (Å²) in [5.74, 6) is 0. The Morgan fingerprint density at radius 2 is 1.67 bits per heavy atom. The first-order valence-electron chi connectivity index (χ1n) is 4.21. The van der Waals surface area contributed by atoms with E-state index in [0.717, 1.165) is 5.56 Å². The van der Waals surface area contributed by atoms with Crippen molar-refractivity contribution in [1.29, 1.82) is 5.26 Å². The Labute approximate surface area is 74.7 Å². The van der Waals surface area contributed by atoms with Crippen molar-refractivity contribution in [3.05, 3.63) is 34.9 Å². The lowest BCUT2D eigenvalue weighted by atomic mass is 10.1. The third-order valence-electron chi connectivity index (χ3n) is 1.64. The number of hydrogen-bond acceptors (Lipinski definition) is 1. The number of benzene rings is 1. The summed E-state index contributed by atoms with van der Waals surface area (Å²) in [5, 5.41) is 8.50. The number of nitrogens with zero attached hydrogens (tertiary/aromatic N) is 1. The molecule has 1 aromatic carbocycles. The minimum Gasteiger partial charge on any atom is -0.192 e. The minimum atomic E-state index is 0.739. The lowest BCUT2D eigenvalue weighted by Crippen LogP contribution is -1.81. The van der Waals surface area contributed by atoms with Crippen LogP contribution in [-0.4, -0.2) is 0 Å². The summed E-state index contributed by atoms with van der Waals surface area (Å²) in [6.45, 7) is 8.05. The lowest BCUT2D eigenvalue weighted by molar-refractivity contribution is 1.32. The molecule has 1 rings (SSSR count). The molecule has 1 aromatic rings. The van der Waals surface area contributed by atoms with Crippen molar-refractivity contribution < 1.29 is 0 Å². The van der Waals surface area contributed by atoms with E-state index in [-0.39, 0.29) is 0 Å². The third kappa shape index (κ3) is 2.75. The fraction of sp³-hybridized carbons (Fsp3) is 0.364. The van der Waals surface area contributed by atoms with Crippen LogP contribution in [0.15, 0.2) is 18.2 Å². The number of hydrogen-bond donors (Lipinski definition) is 0. The van der Waals surface area contributed by atoms with Crippen LogP contribution in [0.2, 0.25) is 0 Å². The SMILES string of the molecule is CC.Cc1ccc(C#N)cc1C. The standard InChI is InChI=1S/C9H9N.C2H6/c1-7-3-4-9(6-10)5-8(7)2;1-2/h3-5H,1-2H3;1-2H3. The molecule has 1 nitrogen and oxygen atoms in total. The fourth-order valence-electron chi connectivity index (χ4n) is 0.811. The quantitative estimate of drug-likeness (QED) is 0.573. The van der Waals surface area contributed by atoms with Crippen LogP contribution in [0.1, 0.15) is 30.5 Å². The molecule has 0 atom stereocenters. The van der Waals surface area contributed by atoms with Gasteiger partial charge in [0.15, 0.2) is 0 Å². The second-order valence-electron chi connectivity index (χ2n) is 2.41. The zero-order valence-electron chi connectivity index (χ0n) is 8.18. The lowest BCUT2D eigenvalue weighted by Gasteiger charge is -1.96. The molecule has 0 spiro atoms. The van der Waals surface area contributed by atoms with E-state index in [1.807, 2.05) is 45.9 Å². The Bertz CT molecular complexity index is 282. The Morgan fingerprint density at radius 3 is 2.08 bits per heavy atom. The van der Waals surface area contributed by atoms with Crippen LogP contribution < -0.4 is 0 Å². The van der Waals surface area contributed by atoms with Crippen molar-refractivity contribution in [2.45, 2.75) is 27.7 Å². The first-order chi connectivity index (χ1) is 5.74. The van der Waals surface area contributed by atoms with Crippen molar-refractivity contribution in [2.24, 2.45) is 0 Å². The number of aryl methyl sites for hydroxylation is 2. The molecule has 0 aliphatic heterocycles. The molecule has 0 amide bonds. The van der Waals surface area contributed by atoms with Gasteiger partial charge in [-0.15, -0.1) is 0 Å². The molecule has 0 N–H and O–H groups in total. The molecular formula is C11H15N. The zero-order valence-corrected chi connectivity index (χ0v) is 8.18. The average molecular weight is 161 g/mol. The van der Waals surface area contributed by atoms with Crippen LogP contribution >= 0.6 is 0 Å². The topological polar surface area (TPSA) is 23.8 Å². The van der Waals surface area contributed by atoms with E-state index in [0.29, 0.717) is 0 Å². The largest absolute Gasteiger partial charge is 0.192 e. The predicted molar refractivity (Wildman–Crippen MR) is 52.0 cm³/mol. The Kier molecular flexibility index (Phi) is 4.79. The Hall–Kier alpha value is -1.29. The van der Waals surface area contributed by atoms with E-state index in [4.69, 9.17) is 5.26 Å². The number of nitriles is 1. The molecule has 0 unspecified atom stereocenters. The summed E-state index contributed by atoms with van der Waals surface area (Å²) in [5.41, 5.74) is 3.15. The molecule has 0 saturated carbocycles. The molecule has 0 aliphatic carbocycles. The average Bonchev–Trinajstić information content (AvgIpc) is 2.13. The van der Waals surface area contributed by atoms with Gasteiger partial charge in [0, 0.05) is 0 Å². The van der Waals surface area contributed by atoms with E-state index in [1.165, 1.54) is 11.1 Å². The fourth-order valence-corrected chi connectivity index (χ4v) is 0.811. The van der Waals surface area contributed by atoms with E-state index < -0.39 is 0 Å². The van der Waals surface area contributed by atoms with Gasteiger partial charge in [-0.3, -0.25) is 0 Å². The van der Waals surface area contributed by atoms with Crippen molar-refractivity contribution in [1.82, 2.24) is 0 Å². The van der Waals surface area contributed by atoms with Gasteiger partial charge < -0.3 is 0 Å². The normalized spacial score (nSPS) is 7.92. The summed E-state index contributed by atoms with van der Waals surface area (Å²) >= 11 is 0. The molecule has 0 aliphatic rings. The second kappa shape index (κ2) is 5.37. The maximum absolute atomic E-state index is 8.50. The molecule has 0 heterocycles. The predicted octanol–water partition coefficient (Wildman–Crippen LogP) is 3.20. The van der Waals surface area contributed by atoms with Crippen molar-refractivity contribution in [3.63, 3.8) is 0 Å². The molecule has 0 fully saturated rings. The van der Waals surface area contributed by atoms with Gasteiger partial charge in [0.25, 0.3) is 0 Å². The monoisotopic (exact) mass is 161 g/mol. The Balaban J connectivity index is 0.000000561. The van der Waals surface area contributed by atoms with E-state index in [9.17, 15) is 0 Å². The molecule has 0 aromatic heterocycles. The summed E-state index contributed by atoms with van der Waals surface area (Å²) in [4.78, 5) is 0. The van der Waals surface area contributed by atoms with Crippen LogP contribution in [0.4, 0.5) is 0 Å². The van der Waals surface area contributed by atoms with Gasteiger partial charge in [0.1, 0.15) is 0 Å². The van der Waals surface area contributed by atoms with Gasteiger partial charge >= 0.3 is 0 Å². The number of rotatable bonds is 0. The maximum atomic E-state index is 8.50. The Morgan fingerprint density at radius 1 is 1.08 bits per heavy atom. The van der Waals surface area contributed by atoms with Gasteiger partial charge in [-0.25, -0.2) is 0 Å². The van der Waals surface area contributed by atoms with E-state index in [2.05, 4.69) is 6.07 Å². The summed E-state index contributed by atoms with van der Waals surface area (Å²) in [7, 11) is 0. The smallest absolute Gasteiger partial charge is 0.0991 e. The molecule has 0 bridgehead atoms. The molecule has 1 heteroatoms. The van der Waals surface area contributed by atoms with Crippen LogP contribution in [0.25, 0.3) is 0 Å². The highest BCUT2D eigenvalue weighted by atomic mass is 14.2. The molecular weight excluding hydrogens is 146 g/mol. The summed E-state index contributed by atoms with van der Waals surface area (Å²) in [6, 6.07) is 7.79. The van der Waals surface area contributed by atoms with Gasteiger partial charge in [-0.1, -0.05) is 19.9 Å². The third-order valence-corrected chi connectivity index (χ3v) is 1.64. The molecule has 0 saturated heterocycles.